The molecule has 1 fully saturated rings. The molecule has 1 aromatic carbocycles. The van der Waals surface area contributed by atoms with Crippen LogP contribution < -0.4 is 0 Å². The van der Waals surface area contributed by atoms with Crippen LogP contribution in [0.3, 0.4) is 0 Å². The molecule has 1 heterocycles. The fourth-order valence-corrected chi connectivity index (χ4v) is 2.53. The number of amides is 1. The second kappa shape index (κ2) is 6.41. The van der Waals surface area contributed by atoms with Crippen molar-refractivity contribution in [3.05, 3.63) is 29.8 Å². The van der Waals surface area contributed by atoms with Gasteiger partial charge in [0.2, 0.25) is 5.91 Å². The van der Waals surface area contributed by atoms with Crippen molar-refractivity contribution >= 4 is 11.9 Å². The lowest BCUT2D eigenvalue weighted by Crippen LogP contribution is -2.42. The molecule has 0 spiro atoms. The Labute approximate surface area is 117 Å². The Morgan fingerprint density at radius 3 is 2.75 bits per heavy atom. The Kier molecular flexibility index (Phi) is 4.61. The van der Waals surface area contributed by atoms with Gasteiger partial charge in [-0.15, -0.1) is 0 Å². The average Bonchev–Trinajstić information content (AvgIpc) is 2.46. The van der Waals surface area contributed by atoms with Crippen LogP contribution in [0.5, 0.6) is 5.75 Å². The topological polar surface area (TPSA) is 77.8 Å². The average molecular weight is 277 g/mol. The van der Waals surface area contributed by atoms with E-state index in [9.17, 15) is 14.7 Å². The summed E-state index contributed by atoms with van der Waals surface area (Å²) in [6.45, 7) is 0.929. The normalized spacial score (nSPS) is 18.8. The molecule has 0 bridgehead atoms. The van der Waals surface area contributed by atoms with Crippen molar-refractivity contribution in [2.24, 2.45) is 5.92 Å². The fraction of sp³-hybridized carbons (Fsp3) is 0.467. The molecule has 1 atom stereocenters. The predicted octanol–water partition coefficient (Wildman–Crippen LogP) is 1.65. The Morgan fingerprint density at radius 1 is 1.30 bits per heavy atom. The third-order valence-corrected chi connectivity index (χ3v) is 3.72. The third kappa shape index (κ3) is 3.50. The number of nitrogens with zero attached hydrogens (tertiary/aromatic N) is 1. The molecule has 20 heavy (non-hydrogen) atoms. The first kappa shape index (κ1) is 14.4. The van der Waals surface area contributed by atoms with Crippen LogP contribution in [0.15, 0.2) is 24.3 Å². The standard InChI is InChI=1S/C15H19NO4/c17-13-6-2-1-4-11(13)7-8-14(18)16-9-3-5-12(10-16)15(19)20/h1-2,4,6,12,17H,3,5,7-10H2,(H,19,20)/t12-/m0/s1. The molecule has 1 aliphatic rings. The summed E-state index contributed by atoms with van der Waals surface area (Å²) in [5, 5.41) is 18.7. The highest BCUT2D eigenvalue weighted by Gasteiger charge is 2.27. The van der Waals surface area contributed by atoms with E-state index in [2.05, 4.69) is 0 Å². The minimum Gasteiger partial charge on any atom is -0.508 e. The van der Waals surface area contributed by atoms with Gasteiger partial charge in [-0.2, -0.15) is 0 Å². The summed E-state index contributed by atoms with van der Waals surface area (Å²) < 4.78 is 0. The first-order valence-electron chi connectivity index (χ1n) is 6.85. The number of rotatable bonds is 4. The van der Waals surface area contributed by atoms with Crippen LogP contribution in [-0.2, 0) is 16.0 Å². The van der Waals surface area contributed by atoms with Crippen LogP contribution in [0.2, 0.25) is 0 Å². The van der Waals surface area contributed by atoms with Crippen molar-refractivity contribution in [1.82, 2.24) is 4.90 Å². The number of carboxylic acid groups (broad SMARTS) is 1. The zero-order chi connectivity index (χ0) is 14.5. The van der Waals surface area contributed by atoms with E-state index < -0.39 is 11.9 Å². The van der Waals surface area contributed by atoms with Crippen molar-refractivity contribution in [2.75, 3.05) is 13.1 Å². The van der Waals surface area contributed by atoms with Gasteiger partial charge in [-0.1, -0.05) is 18.2 Å². The molecule has 1 aliphatic heterocycles. The molecule has 1 amide bonds. The van der Waals surface area contributed by atoms with Gasteiger partial charge >= 0.3 is 5.97 Å². The van der Waals surface area contributed by atoms with Gasteiger partial charge in [0.1, 0.15) is 5.75 Å². The van der Waals surface area contributed by atoms with Crippen LogP contribution in [0.4, 0.5) is 0 Å². The molecule has 1 saturated heterocycles. The van der Waals surface area contributed by atoms with Crippen molar-refractivity contribution < 1.29 is 19.8 Å². The van der Waals surface area contributed by atoms with E-state index >= 15 is 0 Å². The number of hydrogen-bond acceptors (Lipinski definition) is 3. The van der Waals surface area contributed by atoms with Crippen LogP contribution in [0, 0.1) is 5.92 Å². The van der Waals surface area contributed by atoms with Gasteiger partial charge in [0.05, 0.1) is 5.92 Å². The van der Waals surface area contributed by atoms with Crippen molar-refractivity contribution in [1.29, 1.82) is 0 Å². The number of carbonyl (C=O) groups excluding carboxylic acids is 1. The molecule has 5 heteroatoms. The van der Waals surface area contributed by atoms with Crippen LogP contribution in [0.1, 0.15) is 24.8 Å². The van der Waals surface area contributed by atoms with Gasteiger partial charge in [0.15, 0.2) is 0 Å². The Hall–Kier alpha value is -2.04. The predicted molar refractivity (Wildman–Crippen MR) is 73.4 cm³/mol. The number of aryl methyl sites for hydroxylation is 1. The molecule has 0 radical (unpaired) electrons. The van der Waals surface area contributed by atoms with Gasteiger partial charge in [0.25, 0.3) is 0 Å². The molecular formula is C15H19NO4. The summed E-state index contributed by atoms with van der Waals surface area (Å²) >= 11 is 0. The van der Waals surface area contributed by atoms with Gasteiger partial charge in [-0.25, -0.2) is 0 Å². The molecular weight excluding hydrogens is 258 g/mol. The van der Waals surface area contributed by atoms with E-state index in [0.29, 0.717) is 32.4 Å². The number of para-hydroxylation sites is 1. The van der Waals surface area contributed by atoms with Crippen LogP contribution in [-0.4, -0.2) is 40.1 Å². The zero-order valence-electron chi connectivity index (χ0n) is 11.3. The molecule has 1 aromatic rings. The fourth-order valence-electron chi connectivity index (χ4n) is 2.53. The highest BCUT2D eigenvalue weighted by Crippen LogP contribution is 2.20. The molecule has 0 aliphatic carbocycles. The number of likely N-dealkylation sites (tertiary alicyclic amines) is 1. The summed E-state index contributed by atoms with van der Waals surface area (Å²) in [4.78, 5) is 24.7. The molecule has 0 aromatic heterocycles. The Bertz CT molecular complexity index is 500. The van der Waals surface area contributed by atoms with Gasteiger partial charge in [0, 0.05) is 19.5 Å². The number of piperidine rings is 1. The summed E-state index contributed by atoms with van der Waals surface area (Å²) in [6.07, 6.45) is 2.14. The maximum atomic E-state index is 12.1. The minimum absolute atomic E-state index is 0.0424. The number of phenols is 1. The third-order valence-electron chi connectivity index (χ3n) is 3.72. The largest absolute Gasteiger partial charge is 0.508 e. The second-order valence-corrected chi connectivity index (χ2v) is 5.15. The monoisotopic (exact) mass is 277 g/mol. The molecule has 5 nitrogen and oxygen atoms in total. The molecule has 0 saturated carbocycles. The number of aromatic hydroxyl groups is 1. The van der Waals surface area contributed by atoms with E-state index in [-0.39, 0.29) is 11.7 Å². The summed E-state index contributed by atoms with van der Waals surface area (Å²) in [6, 6.07) is 6.95. The number of hydrogen-bond donors (Lipinski definition) is 2. The molecule has 108 valence electrons. The van der Waals surface area contributed by atoms with E-state index in [4.69, 9.17) is 5.11 Å². The summed E-state index contributed by atoms with van der Waals surface area (Å²) in [7, 11) is 0. The van der Waals surface area contributed by atoms with Gasteiger partial charge in [-0.05, 0) is 30.9 Å². The van der Waals surface area contributed by atoms with E-state index in [1.807, 2.05) is 6.07 Å². The number of aliphatic carboxylic acids is 1. The van der Waals surface area contributed by atoms with E-state index in [1.165, 1.54) is 0 Å². The quantitative estimate of drug-likeness (QED) is 0.877. The van der Waals surface area contributed by atoms with Gasteiger partial charge < -0.3 is 15.1 Å². The van der Waals surface area contributed by atoms with Gasteiger partial charge in [-0.3, -0.25) is 9.59 Å². The maximum absolute atomic E-state index is 12.1. The first-order valence-corrected chi connectivity index (χ1v) is 6.85. The number of phenolic OH excluding ortho intramolecular Hbond substituents is 1. The molecule has 0 unspecified atom stereocenters. The van der Waals surface area contributed by atoms with Crippen molar-refractivity contribution in [3.63, 3.8) is 0 Å². The Balaban J connectivity index is 1.89. The van der Waals surface area contributed by atoms with Crippen LogP contribution in [0.25, 0.3) is 0 Å². The second-order valence-electron chi connectivity index (χ2n) is 5.15. The Morgan fingerprint density at radius 2 is 2.05 bits per heavy atom. The van der Waals surface area contributed by atoms with Crippen LogP contribution >= 0.6 is 0 Å². The smallest absolute Gasteiger partial charge is 0.308 e. The first-order chi connectivity index (χ1) is 9.58. The number of benzene rings is 1. The number of carboxylic acids is 1. The van der Waals surface area contributed by atoms with E-state index in [1.54, 1.807) is 23.1 Å². The highest BCUT2D eigenvalue weighted by atomic mass is 16.4. The molecule has 2 rings (SSSR count). The van der Waals surface area contributed by atoms with E-state index in [0.717, 1.165) is 12.0 Å². The zero-order valence-corrected chi connectivity index (χ0v) is 11.3. The minimum atomic E-state index is -0.830. The number of carbonyl (C=O) groups is 2. The summed E-state index contributed by atoms with van der Waals surface area (Å²) in [5.74, 6) is -1.12. The highest BCUT2D eigenvalue weighted by molar-refractivity contribution is 5.78. The van der Waals surface area contributed by atoms with Crippen molar-refractivity contribution in [2.45, 2.75) is 25.7 Å². The maximum Gasteiger partial charge on any atom is 0.308 e. The molecule has 2 N–H and O–H groups in total. The lowest BCUT2D eigenvalue weighted by molar-refractivity contribution is -0.145. The van der Waals surface area contributed by atoms with Crippen molar-refractivity contribution in [3.8, 4) is 5.75 Å². The SMILES string of the molecule is O=C(O)[C@H]1CCCN(C(=O)CCc2ccccc2O)C1. The lowest BCUT2D eigenvalue weighted by atomic mass is 9.97. The lowest BCUT2D eigenvalue weighted by Gasteiger charge is -2.30. The summed E-state index contributed by atoms with van der Waals surface area (Å²) in [5.41, 5.74) is 0.743.